The summed E-state index contributed by atoms with van der Waals surface area (Å²) in [6, 6.07) is 6.74. The summed E-state index contributed by atoms with van der Waals surface area (Å²) in [6.07, 6.45) is 0. The fourth-order valence-electron chi connectivity index (χ4n) is 3.23. The number of nitrogens with zero attached hydrogens (tertiary/aromatic N) is 4. The molecule has 0 saturated carbocycles. The van der Waals surface area contributed by atoms with Gasteiger partial charge in [0, 0.05) is 32.2 Å². The van der Waals surface area contributed by atoms with Gasteiger partial charge in [-0.05, 0) is 44.5 Å². The van der Waals surface area contributed by atoms with Crippen molar-refractivity contribution in [1.29, 1.82) is 0 Å². The maximum atomic E-state index is 13.0. The minimum atomic E-state index is -3.55. The number of piperazine rings is 1. The Labute approximate surface area is 166 Å². The lowest BCUT2D eigenvalue weighted by Crippen LogP contribution is -2.49. The highest BCUT2D eigenvalue weighted by atomic mass is 32.2. The Morgan fingerprint density at radius 2 is 1.79 bits per heavy atom. The fourth-order valence-corrected chi connectivity index (χ4v) is 4.73. The molecule has 2 aromatic rings. The number of anilines is 1. The van der Waals surface area contributed by atoms with Crippen LogP contribution in [0, 0.1) is 13.8 Å². The van der Waals surface area contributed by atoms with E-state index in [0.29, 0.717) is 50.2 Å². The molecule has 2 heterocycles. The van der Waals surface area contributed by atoms with E-state index in [0.717, 1.165) is 11.4 Å². The first-order valence-electron chi connectivity index (χ1n) is 9.23. The van der Waals surface area contributed by atoms with Gasteiger partial charge in [-0.15, -0.1) is 0 Å². The lowest BCUT2D eigenvalue weighted by molar-refractivity contribution is 0.325. The zero-order valence-electron chi connectivity index (χ0n) is 16.7. The number of hydrogen-bond acceptors (Lipinski definition) is 7. The van der Waals surface area contributed by atoms with Crippen LogP contribution in [0.5, 0.6) is 11.6 Å². The average Bonchev–Trinajstić information content (AvgIpc) is 2.68. The van der Waals surface area contributed by atoms with Gasteiger partial charge in [-0.25, -0.2) is 13.4 Å². The van der Waals surface area contributed by atoms with Gasteiger partial charge >= 0.3 is 0 Å². The first-order valence-corrected chi connectivity index (χ1v) is 10.7. The van der Waals surface area contributed by atoms with E-state index in [4.69, 9.17) is 9.47 Å². The molecule has 9 heteroatoms. The molecule has 0 unspecified atom stereocenters. The number of aryl methyl sites for hydroxylation is 2. The Kier molecular flexibility index (Phi) is 6.04. The standard InChI is InChI=1S/C19H26N4O4S/c1-5-27-19-13-18(20-15(3)21-19)22-8-10-23(11-9-22)28(24,25)16-6-7-17(26-4)14(2)12-16/h6-7,12-13H,5,8-11H2,1-4H3. The summed E-state index contributed by atoms with van der Waals surface area (Å²) in [5.74, 6) is 2.60. The first kappa shape index (κ1) is 20.3. The van der Waals surface area contributed by atoms with Crippen LogP contribution in [0.4, 0.5) is 5.82 Å². The Hall–Kier alpha value is -2.39. The molecule has 28 heavy (non-hydrogen) atoms. The van der Waals surface area contributed by atoms with Crippen LogP contribution in [0.15, 0.2) is 29.2 Å². The van der Waals surface area contributed by atoms with Gasteiger partial charge in [-0.1, -0.05) is 0 Å². The zero-order chi connectivity index (χ0) is 20.3. The summed E-state index contributed by atoms with van der Waals surface area (Å²) in [6.45, 7) is 7.97. The van der Waals surface area contributed by atoms with E-state index in [9.17, 15) is 8.42 Å². The molecule has 1 aromatic carbocycles. The lowest BCUT2D eigenvalue weighted by Gasteiger charge is -2.34. The van der Waals surface area contributed by atoms with Crippen molar-refractivity contribution in [3.05, 3.63) is 35.7 Å². The van der Waals surface area contributed by atoms with Gasteiger partial charge in [0.15, 0.2) is 0 Å². The Morgan fingerprint density at radius 1 is 1.07 bits per heavy atom. The second-order valence-electron chi connectivity index (χ2n) is 6.57. The van der Waals surface area contributed by atoms with Crippen LogP contribution in [0.2, 0.25) is 0 Å². The molecule has 0 radical (unpaired) electrons. The van der Waals surface area contributed by atoms with Crippen LogP contribution in [-0.2, 0) is 10.0 Å². The number of aromatic nitrogens is 2. The van der Waals surface area contributed by atoms with E-state index in [1.807, 2.05) is 20.8 Å². The maximum Gasteiger partial charge on any atom is 0.243 e. The summed E-state index contributed by atoms with van der Waals surface area (Å²) in [4.78, 5) is 11.1. The highest BCUT2D eigenvalue weighted by molar-refractivity contribution is 7.89. The van der Waals surface area contributed by atoms with Crippen molar-refractivity contribution in [3.8, 4) is 11.6 Å². The molecule has 0 N–H and O–H groups in total. The predicted molar refractivity (Wildman–Crippen MR) is 107 cm³/mol. The molecule has 0 atom stereocenters. The smallest absolute Gasteiger partial charge is 0.243 e. The van der Waals surface area contributed by atoms with Crippen LogP contribution < -0.4 is 14.4 Å². The van der Waals surface area contributed by atoms with Gasteiger partial charge in [0.25, 0.3) is 0 Å². The van der Waals surface area contributed by atoms with Crippen LogP contribution in [0.3, 0.4) is 0 Å². The molecule has 3 rings (SSSR count). The second-order valence-corrected chi connectivity index (χ2v) is 8.51. The highest BCUT2D eigenvalue weighted by Crippen LogP contribution is 2.25. The van der Waals surface area contributed by atoms with Crippen LogP contribution >= 0.6 is 0 Å². The van der Waals surface area contributed by atoms with E-state index in [1.165, 1.54) is 4.31 Å². The molecule has 0 bridgehead atoms. The monoisotopic (exact) mass is 406 g/mol. The van der Waals surface area contributed by atoms with Crippen LogP contribution in [0.1, 0.15) is 18.3 Å². The van der Waals surface area contributed by atoms with Crippen molar-refractivity contribution in [2.45, 2.75) is 25.7 Å². The van der Waals surface area contributed by atoms with Crippen LogP contribution in [-0.4, -0.2) is 62.6 Å². The summed E-state index contributed by atoms with van der Waals surface area (Å²) in [7, 11) is -1.98. The van der Waals surface area contributed by atoms with E-state index in [2.05, 4.69) is 14.9 Å². The molecule has 152 valence electrons. The molecule has 8 nitrogen and oxygen atoms in total. The summed E-state index contributed by atoms with van der Waals surface area (Å²) in [5.41, 5.74) is 0.794. The zero-order valence-corrected chi connectivity index (χ0v) is 17.5. The van der Waals surface area contributed by atoms with Crippen molar-refractivity contribution in [2.24, 2.45) is 0 Å². The largest absolute Gasteiger partial charge is 0.496 e. The van der Waals surface area contributed by atoms with Gasteiger partial charge in [-0.2, -0.15) is 9.29 Å². The number of hydrogen-bond donors (Lipinski definition) is 0. The number of methoxy groups -OCH3 is 1. The molecule has 1 aromatic heterocycles. The Bertz CT molecular complexity index is 941. The molecule has 1 aliphatic rings. The third-order valence-electron chi connectivity index (χ3n) is 4.66. The molecule has 1 fully saturated rings. The van der Waals surface area contributed by atoms with Gasteiger partial charge in [0.2, 0.25) is 15.9 Å². The van der Waals surface area contributed by atoms with Gasteiger partial charge in [-0.3, -0.25) is 0 Å². The molecule has 0 amide bonds. The lowest BCUT2D eigenvalue weighted by atomic mass is 10.2. The molecular weight excluding hydrogens is 380 g/mol. The number of rotatable bonds is 6. The van der Waals surface area contributed by atoms with Gasteiger partial charge < -0.3 is 14.4 Å². The topological polar surface area (TPSA) is 84.9 Å². The molecule has 0 aliphatic carbocycles. The second kappa shape index (κ2) is 8.32. The molecule has 1 saturated heterocycles. The van der Waals surface area contributed by atoms with Gasteiger partial charge in [0.1, 0.15) is 17.4 Å². The van der Waals surface area contributed by atoms with E-state index in [-0.39, 0.29) is 4.90 Å². The van der Waals surface area contributed by atoms with E-state index >= 15 is 0 Å². The number of ether oxygens (including phenoxy) is 2. The van der Waals surface area contributed by atoms with Crippen molar-refractivity contribution in [3.63, 3.8) is 0 Å². The Morgan fingerprint density at radius 3 is 2.39 bits per heavy atom. The van der Waals surface area contributed by atoms with Crippen molar-refractivity contribution < 1.29 is 17.9 Å². The first-order chi connectivity index (χ1) is 13.3. The quantitative estimate of drug-likeness (QED) is 0.725. The summed E-state index contributed by atoms with van der Waals surface area (Å²) >= 11 is 0. The Balaban J connectivity index is 1.73. The maximum absolute atomic E-state index is 13.0. The van der Waals surface area contributed by atoms with E-state index < -0.39 is 10.0 Å². The SMILES string of the molecule is CCOc1cc(N2CCN(S(=O)(=O)c3ccc(OC)c(C)c3)CC2)nc(C)n1. The summed E-state index contributed by atoms with van der Waals surface area (Å²) < 4.78 is 38.2. The predicted octanol–water partition coefficient (Wildman–Crippen LogP) is 2.01. The van der Waals surface area contributed by atoms with Crippen molar-refractivity contribution in [1.82, 2.24) is 14.3 Å². The van der Waals surface area contributed by atoms with Crippen molar-refractivity contribution >= 4 is 15.8 Å². The fraction of sp³-hybridized carbons (Fsp3) is 0.474. The molecule has 1 aliphatic heterocycles. The van der Waals surface area contributed by atoms with Gasteiger partial charge in [0.05, 0.1) is 18.6 Å². The average molecular weight is 407 g/mol. The molecule has 0 spiro atoms. The third kappa shape index (κ3) is 4.20. The normalized spacial score (nSPS) is 15.5. The highest BCUT2D eigenvalue weighted by Gasteiger charge is 2.29. The minimum Gasteiger partial charge on any atom is -0.496 e. The number of sulfonamides is 1. The van der Waals surface area contributed by atoms with Crippen molar-refractivity contribution in [2.75, 3.05) is 44.8 Å². The minimum absolute atomic E-state index is 0.288. The third-order valence-corrected chi connectivity index (χ3v) is 6.55. The number of benzene rings is 1. The van der Waals surface area contributed by atoms with E-state index in [1.54, 1.807) is 31.4 Å². The molecular formula is C19H26N4O4S. The van der Waals surface area contributed by atoms with Crippen LogP contribution in [0.25, 0.3) is 0 Å². The summed E-state index contributed by atoms with van der Waals surface area (Å²) in [5, 5.41) is 0.